The van der Waals surface area contributed by atoms with Gasteiger partial charge in [-0.2, -0.15) is 0 Å². The molecule has 1 fully saturated rings. The number of hydrogen-bond donors (Lipinski definition) is 1. The monoisotopic (exact) mass is 333 g/mol. The number of carbonyl (C=O) groups excluding carboxylic acids is 2. The van der Waals surface area contributed by atoms with Crippen molar-refractivity contribution >= 4 is 17.6 Å². The molecule has 0 heterocycles. The van der Waals surface area contributed by atoms with Gasteiger partial charge in [0.25, 0.3) is 0 Å². The SMILES string of the molecule is COC(=O)c1cccc(C#Cc2cccc(NC(=O)C3CCC3)c2)c1. The average Bonchev–Trinajstić information content (AvgIpc) is 2.58. The second-order valence-electron chi connectivity index (χ2n) is 6.02. The fourth-order valence-corrected chi connectivity index (χ4v) is 2.58. The Hall–Kier alpha value is -3.06. The van der Waals surface area contributed by atoms with Gasteiger partial charge in [-0.25, -0.2) is 4.79 Å². The lowest BCUT2D eigenvalue weighted by Gasteiger charge is -2.24. The van der Waals surface area contributed by atoms with Crippen molar-refractivity contribution in [3.63, 3.8) is 0 Å². The van der Waals surface area contributed by atoms with E-state index in [-0.39, 0.29) is 17.8 Å². The van der Waals surface area contributed by atoms with E-state index in [9.17, 15) is 9.59 Å². The van der Waals surface area contributed by atoms with Gasteiger partial charge in [-0.3, -0.25) is 4.79 Å². The molecule has 1 N–H and O–H groups in total. The van der Waals surface area contributed by atoms with Crippen molar-refractivity contribution in [2.24, 2.45) is 5.92 Å². The molecule has 1 amide bonds. The maximum absolute atomic E-state index is 12.0. The number of benzene rings is 2. The Bertz CT molecular complexity index is 857. The van der Waals surface area contributed by atoms with Gasteiger partial charge < -0.3 is 10.1 Å². The number of methoxy groups -OCH3 is 1. The summed E-state index contributed by atoms with van der Waals surface area (Å²) < 4.78 is 4.71. The molecule has 0 saturated heterocycles. The van der Waals surface area contributed by atoms with Crippen LogP contribution in [0.4, 0.5) is 5.69 Å². The van der Waals surface area contributed by atoms with E-state index in [1.807, 2.05) is 30.3 Å². The minimum absolute atomic E-state index is 0.0853. The van der Waals surface area contributed by atoms with Gasteiger partial charge in [-0.05, 0) is 49.2 Å². The summed E-state index contributed by atoms with van der Waals surface area (Å²) in [5.41, 5.74) is 2.75. The number of esters is 1. The highest BCUT2D eigenvalue weighted by atomic mass is 16.5. The van der Waals surface area contributed by atoms with Crippen molar-refractivity contribution < 1.29 is 14.3 Å². The number of anilines is 1. The minimum atomic E-state index is -0.385. The van der Waals surface area contributed by atoms with Crippen LogP contribution in [0, 0.1) is 17.8 Å². The highest BCUT2D eigenvalue weighted by Gasteiger charge is 2.25. The zero-order chi connectivity index (χ0) is 17.6. The first-order valence-corrected chi connectivity index (χ1v) is 8.27. The molecular formula is C21H19NO3. The summed E-state index contributed by atoms with van der Waals surface area (Å²) in [4.78, 5) is 23.6. The largest absolute Gasteiger partial charge is 0.465 e. The lowest BCUT2D eigenvalue weighted by Crippen LogP contribution is -2.28. The van der Waals surface area contributed by atoms with E-state index in [1.54, 1.807) is 18.2 Å². The molecule has 0 bridgehead atoms. The van der Waals surface area contributed by atoms with E-state index in [2.05, 4.69) is 17.2 Å². The van der Waals surface area contributed by atoms with Gasteiger partial charge in [-0.15, -0.1) is 0 Å². The molecular weight excluding hydrogens is 314 g/mol. The van der Waals surface area contributed by atoms with E-state index < -0.39 is 0 Å². The number of hydrogen-bond acceptors (Lipinski definition) is 3. The Morgan fingerprint density at radius 1 is 1.04 bits per heavy atom. The second-order valence-corrected chi connectivity index (χ2v) is 6.02. The Balaban J connectivity index is 1.73. The molecule has 1 saturated carbocycles. The molecule has 4 nitrogen and oxygen atoms in total. The normalized spacial score (nSPS) is 13.2. The summed E-state index contributed by atoms with van der Waals surface area (Å²) in [6.45, 7) is 0. The summed E-state index contributed by atoms with van der Waals surface area (Å²) in [6.07, 6.45) is 3.08. The van der Waals surface area contributed by atoms with Gasteiger partial charge in [0, 0.05) is 22.7 Å². The Morgan fingerprint density at radius 2 is 1.72 bits per heavy atom. The zero-order valence-corrected chi connectivity index (χ0v) is 14.0. The van der Waals surface area contributed by atoms with Crippen molar-refractivity contribution in [3.05, 3.63) is 65.2 Å². The highest BCUT2D eigenvalue weighted by molar-refractivity contribution is 5.93. The number of carbonyl (C=O) groups is 2. The molecule has 4 heteroatoms. The molecule has 2 aromatic rings. The van der Waals surface area contributed by atoms with Crippen LogP contribution in [-0.2, 0) is 9.53 Å². The lowest BCUT2D eigenvalue weighted by molar-refractivity contribution is -0.122. The van der Waals surface area contributed by atoms with Crippen LogP contribution in [0.1, 0.15) is 40.7 Å². The molecule has 0 unspecified atom stereocenters. The third kappa shape index (κ3) is 4.27. The number of nitrogens with one attached hydrogen (secondary N) is 1. The van der Waals surface area contributed by atoms with Gasteiger partial charge in [0.15, 0.2) is 0 Å². The molecule has 2 aromatic carbocycles. The van der Waals surface area contributed by atoms with Crippen molar-refractivity contribution in [1.82, 2.24) is 0 Å². The van der Waals surface area contributed by atoms with Gasteiger partial charge >= 0.3 is 5.97 Å². The molecule has 0 atom stereocenters. The fraction of sp³-hybridized carbons (Fsp3) is 0.238. The van der Waals surface area contributed by atoms with Gasteiger partial charge in [0.1, 0.15) is 0 Å². The zero-order valence-electron chi connectivity index (χ0n) is 14.0. The van der Waals surface area contributed by atoms with Gasteiger partial charge in [0.05, 0.1) is 12.7 Å². The molecule has 3 rings (SSSR count). The van der Waals surface area contributed by atoms with E-state index in [0.717, 1.165) is 36.1 Å². The van der Waals surface area contributed by atoms with Crippen LogP contribution in [0.2, 0.25) is 0 Å². The molecule has 0 aliphatic heterocycles. The van der Waals surface area contributed by atoms with Crippen molar-refractivity contribution in [1.29, 1.82) is 0 Å². The van der Waals surface area contributed by atoms with Crippen LogP contribution in [0.25, 0.3) is 0 Å². The van der Waals surface area contributed by atoms with E-state index in [0.29, 0.717) is 5.56 Å². The molecule has 25 heavy (non-hydrogen) atoms. The summed E-state index contributed by atoms with van der Waals surface area (Å²) in [7, 11) is 1.35. The summed E-state index contributed by atoms with van der Waals surface area (Å²) >= 11 is 0. The van der Waals surface area contributed by atoms with Crippen LogP contribution in [-0.4, -0.2) is 19.0 Å². The summed E-state index contributed by atoms with van der Waals surface area (Å²) in [5.74, 6) is 5.95. The second kappa shape index (κ2) is 7.67. The average molecular weight is 333 g/mol. The molecule has 0 radical (unpaired) electrons. The Morgan fingerprint density at radius 3 is 2.36 bits per heavy atom. The third-order valence-electron chi connectivity index (χ3n) is 4.24. The first-order chi connectivity index (χ1) is 12.2. The molecule has 0 spiro atoms. The number of rotatable bonds is 3. The van der Waals surface area contributed by atoms with E-state index in [4.69, 9.17) is 4.74 Å². The summed E-state index contributed by atoms with van der Waals surface area (Å²) in [6, 6.07) is 14.5. The lowest BCUT2D eigenvalue weighted by atomic mass is 9.85. The van der Waals surface area contributed by atoms with E-state index in [1.165, 1.54) is 7.11 Å². The topological polar surface area (TPSA) is 55.4 Å². The minimum Gasteiger partial charge on any atom is -0.465 e. The van der Waals surface area contributed by atoms with Crippen molar-refractivity contribution in [3.8, 4) is 11.8 Å². The predicted octanol–water partition coefficient (Wildman–Crippen LogP) is 3.61. The van der Waals surface area contributed by atoms with Crippen LogP contribution >= 0.6 is 0 Å². The predicted molar refractivity (Wildman–Crippen MR) is 96.2 cm³/mol. The van der Waals surface area contributed by atoms with Gasteiger partial charge in [-0.1, -0.05) is 30.4 Å². The molecule has 126 valence electrons. The van der Waals surface area contributed by atoms with Crippen molar-refractivity contribution in [2.45, 2.75) is 19.3 Å². The van der Waals surface area contributed by atoms with Crippen LogP contribution < -0.4 is 5.32 Å². The van der Waals surface area contributed by atoms with Crippen LogP contribution in [0.15, 0.2) is 48.5 Å². The molecule has 0 aromatic heterocycles. The van der Waals surface area contributed by atoms with Crippen molar-refractivity contribution in [2.75, 3.05) is 12.4 Å². The Kier molecular flexibility index (Phi) is 5.15. The summed E-state index contributed by atoms with van der Waals surface area (Å²) in [5, 5.41) is 2.95. The van der Waals surface area contributed by atoms with Gasteiger partial charge in [0.2, 0.25) is 5.91 Å². The maximum Gasteiger partial charge on any atom is 0.337 e. The Labute approximate surface area is 147 Å². The molecule has 1 aliphatic rings. The van der Waals surface area contributed by atoms with E-state index >= 15 is 0 Å². The molecule has 1 aliphatic carbocycles. The number of amides is 1. The first kappa shape index (κ1) is 16.8. The third-order valence-corrected chi connectivity index (χ3v) is 4.24. The maximum atomic E-state index is 12.0. The standard InChI is InChI=1S/C21H19NO3/c1-25-21(24)18-9-2-5-15(13-18)11-12-16-6-3-10-19(14-16)22-20(23)17-7-4-8-17/h2-3,5-6,9-10,13-14,17H,4,7-8H2,1H3,(H,22,23). The fourth-order valence-electron chi connectivity index (χ4n) is 2.58. The quantitative estimate of drug-likeness (QED) is 0.689. The number of ether oxygens (including phenoxy) is 1. The smallest absolute Gasteiger partial charge is 0.337 e. The first-order valence-electron chi connectivity index (χ1n) is 8.27. The van der Waals surface area contributed by atoms with Crippen LogP contribution in [0.3, 0.4) is 0 Å². The highest BCUT2D eigenvalue weighted by Crippen LogP contribution is 2.27. The van der Waals surface area contributed by atoms with Crippen LogP contribution in [0.5, 0.6) is 0 Å².